The topological polar surface area (TPSA) is 38.3 Å². The van der Waals surface area contributed by atoms with Crippen LogP contribution >= 0.6 is 15.9 Å². The van der Waals surface area contributed by atoms with Gasteiger partial charge < -0.3 is 10.1 Å². The van der Waals surface area contributed by atoms with Crippen molar-refractivity contribution in [2.45, 2.75) is 32.1 Å². The number of nitrogens with one attached hydrogen (secondary N) is 1. The van der Waals surface area contributed by atoms with Crippen LogP contribution in [0.3, 0.4) is 0 Å². The quantitative estimate of drug-likeness (QED) is 0.791. The van der Waals surface area contributed by atoms with Crippen molar-refractivity contribution in [2.24, 2.45) is 0 Å². The first kappa shape index (κ1) is 16.2. The molecule has 1 aromatic rings. The summed E-state index contributed by atoms with van der Waals surface area (Å²) in [5.74, 6) is 0. The molecule has 19 heavy (non-hydrogen) atoms. The minimum Gasteiger partial charge on any atom is -0.450 e. The van der Waals surface area contributed by atoms with Crippen LogP contribution in [0.1, 0.15) is 5.56 Å². The van der Waals surface area contributed by atoms with Gasteiger partial charge in [0.25, 0.3) is 0 Å². The summed E-state index contributed by atoms with van der Waals surface area (Å²) in [5.41, 5.74) is 1.19. The zero-order valence-corrected chi connectivity index (χ0v) is 14.4. The van der Waals surface area contributed by atoms with Gasteiger partial charge in [-0.1, -0.05) is 53.8 Å². The van der Waals surface area contributed by atoms with Crippen LogP contribution in [0.25, 0.3) is 0 Å². The molecule has 0 saturated heterocycles. The van der Waals surface area contributed by atoms with Gasteiger partial charge in [0.1, 0.15) is 0 Å². The van der Waals surface area contributed by atoms with Crippen molar-refractivity contribution < 1.29 is 9.53 Å². The van der Waals surface area contributed by atoms with Gasteiger partial charge in [0.15, 0.2) is 0 Å². The fourth-order valence-corrected chi connectivity index (χ4v) is 2.70. The highest BCUT2D eigenvalue weighted by molar-refractivity contribution is 9.10. The third-order valence-corrected chi connectivity index (χ3v) is 5.18. The summed E-state index contributed by atoms with van der Waals surface area (Å²) < 4.78 is 6.23. The van der Waals surface area contributed by atoms with E-state index in [4.69, 9.17) is 4.74 Å². The summed E-state index contributed by atoms with van der Waals surface area (Å²) in [7, 11) is -1.13. The van der Waals surface area contributed by atoms with Crippen LogP contribution in [0.5, 0.6) is 0 Å². The molecule has 0 aliphatic heterocycles. The lowest BCUT2D eigenvalue weighted by atomic mass is 10.1. The number of benzene rings is 1. The average Bonchev–Trinajstić information content (AvgIpc) is 2.30. The maximum absolute atomic E-state index is 11.5. The molecule has 0 atom stereocenters. The Bertz CT molecular complexity index is 418. The number of hydrogen-bond donors (Lipinski definition) is 1. The summed E-state index contributed by atoms with van der Waals surface area (Å²) in [6, 6.07) is 9.02. The number of carbonyl (C=O) groups excluding carboxylic acids is 1. The summed E-state index contributed by atoms with van der Waals surface area (Å²) in [5, 5.41) is 2.78. The minimum absolute atomic E-state index is 0.315. The standard InChI is InChI=1S/C14H22BrNO2Si/c1-19(2,3)11-10-18-14(17)16-9-8-12-6-4-5-7-13(12)15/h4-7H,8-11H2,1-3H3,(H,16,17). The first-order valence-electron chi connectivity index (χ1n) is 6.52. The Kier molecular flexibility index (Phi) is 6.58. The van der Waals surface area contributed by atoms with E-state index in [0.717, 1.165) is 16.9 Å². The Morgan fingerprint density at radius 3 is 2.63 bits per heavy atom. The van der Waals surface area contributed by atoms with Crippen LogP contribution in [0.4, 0.5) is 4.79 Å². The van der Waals surface area contributed by atoms with Crippen LogP contribution in [0, 0.1) is 0 Å². The maximum Gasteiger partial charge on any atom is 0.407 e. The van der Waals surface area contributed by atoms with Crippen molar-refractivity contribution >= 4 is 30.1 Å². The van der Waals surface area contributed by atoms with Gasteiger partial charge in [-0.3, -0.25) is 0 Å². The Morgan fingerprint density at radius 2 is 2.00 bits per heavy atom. The van der Waals surface area contributed by atoms with Crippen LogP contribution < -0.4 is 5.32 Å². The van der Waals surface area contributed by atoms with Gasteiger partial charge in [-0.15, -0.1) is 0 Å². The third-order valence-electron chi connectivity index (χ3n) is 2.71. The SMILES string of the molecule is C[Si](C)(C)CCOC(=O)NCCc1ccccc1Br. The van der Waals surface area contributed by atoms with E-state index in [-0.39, 0.29) is 6.09 Å². The predicted molar refractivity (Wildman–Crippen MR) is 85.3 cm³/mol. The molecule has 0 spiro atoms. The van der Waals surface area contributed by atoms with Crippen molar-refractivity contribution in [3.05, 3.63) is 34.3 Å². The first-order chi connectivity index (χ1) is 8.88. The lowest BCUT2D eigenvalue weighted by Crippen LogP contribution is -2.29. The van der Waals surface area contributed by atoms with Gasteiger partial charge in [-0.05, 0) is 24.1 Å². The molecule has 0 saturated carbocycles. The minimum atomic E-state index is -1.13. The molecule has 0 aliphatic rings. The molecule has 0 bridgehead atoms. The summed E-state index contributed by atoms with van der Waals surface area (Å²) in [6.07, 6.45) is 0.482. The highest BCUT2D eigenvalue weighted by Gasteiger charge is 2.13. The largest absolute Gasteiger partial charge is 0.450 e. The zero-order chi connectivity index (χ0) is 14.3. The molecular weight excluding hydrogens is 322 g/mol. The molecule has 106 valence electrons. The lowest BCUT2D eigenvalue weighted by Gasteiger charge is -2.15. The second-order valence-electron chi connectivity index (χ2n) is 5.71. The van der Waals surface area contributed by atoms with Crippen molar-refractivity contribution in [2.75, 3.05) is 13.2 Å². The summed E-state index contributed by atoms with van der Waals surface area (Å²) in [6.45, 7) is 7.91. The lowest BCUT2D eigenvalue weighted by molar-refractivity contribution is 0.152. The first-order valence-corrected chi connectivity index (χ1v) is 11.0. The second-order valence-corrected chi connectivity index (χ2v) is 12.2. The molecule has 0 aromatic heterocycles. The smallest absolute Gasteiger partial charge is 0.407 e. The third kappa shape index (κ3) is 7.37. The Balaban J connectivity index is 2.19. The molecule has 5 heteroatoms. The van der Waals surface area contributed by atoms with Crippen molar-refractivity contribution in [1.82, 2.24) is 5.32 Å². The second kappa shape index (κ2) is 7.70. The average molecular weight is 344 g/mol. The molecule has 0 unspecified atom stereocenters. The van der Waals surface area contributed by atoms with Gasteiger partial charge in [0.05, 0.1) is 6.61 Å². The van der Waals surface area contributed by atoms with Crippen molar-refractivity contribution in [3.8, 4) is 0 Å². The number of ether oxygens (including phenoxy) is 1. The number of hydrogen-bond acceptors (Lipinski definition) is 2. The van der Waals surface area contributed by atoms with Gasteiger partial charge in [0, 0.05) is 19.1 Å². The number of carbonyl (C=O) groups is 1. The predicted octanol–water partition coefficient (Wildman–Crippen LogP) is 4.06. The Hall–Kier alpha value is -0.813. The van der Waals surface area contributed by atoms with Crippen LogP contribution in [-0.2, 0) is 11.2 Å². The van der Waals surface area contributed by atoms with E-state index in [1.807, 2.05) is 24.3 Å². The molecule has 1 rings (SSSR count). The fraction of sp³-hybridized carbons (Fsp3) is 0.500. The van der Waals surface area contributed by atoms with Crippen LogP contribution in [0.2, 0.25) is 25.7 Å². The molecule has 1 amide bonds. The molecule has 0 radical (unpaired) electrons. The number of amides is 1. The molecule has 0 heterocycles. The van der Waals surface area contributed by atoms with Crippen LogP contribution in [-0.4, -0.2) is 27.3 Å². The summed E-state index contributed by atoms with van der Waals surface area (Å²) in [4.78, 5) is 11.5. The van der Waals surface area contributed by atoms with E-state index < -0.39 is 8.07 Å². The molecular formula is C14H22BrNO2Si. The molecule has 1 aromatic carbocycles. The summed E-state index contributed by atoms with van der Waals surface area (Å²) >= 11 is 3.49. The normalized spacial score (nSPS) is 11.2. The molecule has 0 aliphatic carbocycles. The number of halogens is 1. The molecule has 3 nitrogen and oxygen atoms in total. The van der Waals surface area contributed by atoms with E-state index in [2.05, 4.69) is 40.9 Å². The maximum atomic E-state index is 11.5. The van der Waals surface area contributed by atoms with Crippen molar-refractivity contribution in [3.63, 3.8) is 0 Å². The van der Waals surface area contributed by atoms with Gasteiger partial charge in [-0.2, -0.15) is 0 Å². The zero-order valence-electron chi connectivity index (χ0n) is 11.8. The highest BCUT2D eigenvalue weighted by atomic mass is 79.9. The van der Waals surface area contributed by atoms with E-state index >= 15 is 0 Å². The monoisotopic (exact) mass is 343 g/mol. The van der Waals surface area contributed by atoms with E-state index in [9.17, 15) is 4.79 Å². The van der Waals surface area contributed by atoms with Crippen molar-refractivity contribution in [1.29, 1.82) is 0 Å². The van der Waals surface area contributed by atoms with E-state index in [1.54, 1.807) is 0 Å². The molecule has 1 N–H and O–H groups in total. The Morgan fingerprint density at radius 1 is 1.32 bits per heavy atom. The van der Waals surface area contributed by atoms with Crippen LogP contribution in [0.15, 0.2) is 28.7 Å². The fourth-order valence-electron chi connectivity index (χ4n) is 1.50. The highest BCUT2D eigenvalue weighted by Crippen LogP contribution is 2.15. The molecule has 0 fully saturated rings. The van der Waals surface area contributed by atoms with Gasteiger partial charge in [-0.25, -0.2) is 4.79 Å². The van der Waals surface area contributed by atoms with E-state index in [1.165, 1.54) is 5.56 Å². The van der Waals surface area contributed by atoms with Gasteiger partial charge in [0.2, 0.25) is 0 Å². The number of alkyl carbamates (subject to hydrolysis) is 1. The van der Waals surface area contributed by atoms with Gasteiger partial charge >= 0.3 is 6.09 Å². The Labute approximate surface area is 124 Å². The van der Waals surface area contributed by atoms with E-state index in [0.29, 0.717) is 13.2 Å². The number of rotatable bonds is 6.